The number of amidine groups is 1. The molecule has 38 heavy (non-hydrogen) atoms. The molecule has 0 unspecified atom stereocenters. The van der Waals surface area contributed by atoms with Gasteiger partial charge in [-0.25, -0.2) is 9.38 Å². The Morgan fingerprint density at radius 1 is 0.763 bits per heavy atom. The lowest BCUT2D eigenvalue weighted by Gasteiger charge is -2.15. The molecule has 1 aromatic heterocycles. The van der Waals surface area contributed by atoms with E-state index in [-0.39, 0.29) is 11.7 Å². The van der Waals surface area contributed by atoms with Crippen LogP contribution in [-0.2, 0) is 17.9 Å². The number of fused-ring (bicyclic) bond motifs is 1. The highest BCUT2D eigenvalue weighted by molar-refractivity contribution is 8.18. The van der Waals surface area contributed by atoms with E-state index in [0.29, 0.717) is 23.2 Å². The van der Waals surface area contributed by atoms with Gasteiger partial charge in [-0.15, -0.1) is 0 Å². The SMILES string of the molecule is O=C1/C(=C\c2cn(Cc3ccc(F)cc3)c3ccccc23)SC(=Nc2ccccc2)N1Cc1ccccc1. The predicted octanol–water partition coefficient (Wildman–Crippen LogP) is 7.63. The average Bonchev–Trinajstić information content (AvgIpc) is 3.43. The number of para-hydroxylation sites is 2. The highest BCUT2D eigenvalue weighted by Crippen LogP contribution is 2.36. The Morgan fingerprint density at radius 3 is 2.18 bits per heavy atom. The Morgan fingerprint density at radius 2 is 1.42 bits per heavy atom. The van der Waals surface area contributed by atoms with E-state index in [1.54, 1.807) is 17.0 Å². The van der Waals surface area contributed by atoms with E-state index < -0.39 is 0 Å². The summed E-state index contributed by atoms with van der Waals surface area (Å²) < 4.78 is 15.6. The molecule has 0 saturated carbocycles. The Labute approximate surface area is 224 Å². The van der Waals surface area contributed by atoms with Gasteiger partial charge in [-0.2, -0.15) is 0 Å². The Bertz CT molecular complexity index is 1660. The summed E-state index contributed by atoms with van der Waals surface area (Å²) in [6.45, 7) is 1.05. The number of benzene rings is 4. The number of hydrogen-bond acceptors (Lipinski definition) is 3. The Balaban J connectivity index is 1.38. The van der Waals surface area contributed by atoms with Gasteiger partial charge < -0.3 is 4.57 Å². The van der Waals surface area contributed by atoms with Gasteiger partial charge >= 0.3 is 0 Å². The van der Waals surface area contributed by atoms with Crippen LogP contribution in [0.5, 0.6) is 0 Å². The van der Waals surface area contributed by atoms with Gasteiger partial charge in [0, 0.05) is 29.2 Å². The van der Waals surface area contributed by atoms with E-state index in [4.69, 9.17) is 4.99 Å². The van der Waals surface area contributed by atoms with Crippen molar-refractivity contribution in [3.8, 4) is 0 Å². The van der Waals surface area contributed by atoms with Gasteiger partial charge in [-0.1, -0.05) is 78.9 Å². The molecule has 1 aliphatic heterocycles. The molecule has 1 aliphatic rings. The lowest BCUT2D eigenvalue weighted by atomic mass is 10.1. The zero-order chi connectivity index (χ0) is 25.9. The monoisotopic (exact) mass is 517 g/mol. The molecule has 0 bridgehead atoms. The Hall–Kier alpha value is -4.42. The molecule has 4 nitrogen and oxygen atoms in total. The number of hydrogen-bond donors (Lipinski definition) is 0. The fourth-order valence-corrected chi connectivity index (χ4v) is 5.55. The minimum Gasteiger partial charge on any atom is -0.342 e. The summed E-state index contributed by atoms with van der Waals surface area (Å²) >= 11 is 1.40. The first kappa shape index (κ1) is 23.9. The van der Waals surface area contributed by atoms with E-state index in [1.807, 2.05) is 78.9 Å². The van der Waals surface area contributed by atoms with Gasteiger partial charge in [0.25, 0.3) is 5.91 Å². The lowest BCUT2D eigenvalue weighted by molar-refractivity contribution is -0.122. The van der Waals surface area contributed by atoms with E-state index in [2.05, 4.69) is 22.9 Å². The van der Waals surface area contributed by atoms with Crippen molar-refractivity contribution in [1.29, 1.82) is 0 Å². The maximum absolute atomic E-state index is 13.7. The standard InChI is InChI=1S/C32H24FN3OS/c33-26-17-15-24(16-18-26)20-35-22-25(28-13-7-8-14-29(28)35)19-30-31(37)36(21-23-9-3-1-4-10-23)32(38-30)34-27-11-5-2-6-12-27/h1-19,22H,20-21H2/b30-19+,34-32?. The van der Waals surface area contributed by atoms with Crippen molar-refractivity contribution in [3.05, 3.63) is 143 Å². The lowest BCUT2D eigenvalue weighted by Crippen LogP contribution is -2.28. The van der Waals surface area contributed by atoms with Crippen LogP contribution in [0, 0.1) is 5.82 Å². The van der Waals surface area contributed by atoms with Crippen LogP contribution in [0.1, 0.15) is 16.7 Å². The second-order valence-corrected chi connectivity index (χ2v) is 10.1. The molecular formula is C32H24FN3OS. The van der Waals surface area contributed by atoms with Gasteiger partial charge in [0.2, 0.25) is 0 Å². The van der Waals surface area contributed by atoms with E-state index in [0.717, 1.165) is 33.3 Å². The van der Waals surface area contributed by atoms with E-state index in [9.17, 15) is 9.18 Å². The molecule has 4 aromatic carbocycles. The fourth-order valence-electron chi connectivity index (χ4n) is 4.56. The first-order valence-corrected chi connectivity index (χ1v) is 13.2. The molecule has 1 amide bonds. The molecule has 6 rings (SSSR count). The molecule has 0 N–H and O–H groups in total. The molecule has 0 aliphatic carbocycles. The third kappa shape index (κ3) is 5.04. The van der Waals surface area contributed by atoms with Crippen LogP contribution in [-0.4, -0.2) is 20.5 Å². The summed E-state index contributed by atoms with van der Waals surface area (Å²) in [6.07, 6.45) is 4.02. The van der Waals surface area contributed by atoms with Gasteiger partial charge in [-0.3, -0.25) is 9.69 Å². The molecule has 2 heterocycles. The van der Waals surface area contributed by atoms with Crippen molar-refractivity contribution in [3.63, 3.8) is 0 Å². The number of aromatic nitrogens is 1. The van der Waals surface area contributed by atoms with Gasteiger partial charge in [0.1, 0.15) is 5.82 Å². The second kappa shape index (κ2) is 10.5. The molecule has 0 spiro atoms. The van der Waals surface area contributed by atoms with Gasteiger partial charge in [0.15, 0.2) is 5.17 Å². The fraction of sp³-hybridized carbons (Fsp3) is 0.0625. The maximum atomic E-state index is 13.7. The van der Waals surface area contributed by atoms with Crippen molar-refractivity contribution >= 4 is 45.5 Å². The molecule has 0 atom stereocenters. The molecule has 1 saturated heterocycles. The Kier molecular flexibility index (Phi) is 6.63. The summed E-state index contributed by atoms with van der Waals surface area (Å²) in [7, 11) is 0. The number of rotatable bonds is 6. The molecule has 186 valence electrons. The van der Waals surface area contributed by atoms with Crippen molar-refractivity contribution in [2.75, 3.05) is 0 Å². The molecule has 1 fully saturated rings. The number of aliphatic imine (C=N–C) groups is 1. The first-order chi connectivity index (χ1) is 18.6. The summed E-state index contributed by atoms with van der Waals surface area (Å²) in [5, 5.41) is 1.71. The van der Waals surface area contributed by atoms with E-state index >= 15 is 0 Å². The second-order valence-electron chi connectivity index (χ2n) is 9.07. The molecular weight excluding hydrogens is 493 g/mol. The zero-order valence-electron chi connectivity index (χ0n) is 20.5. The molecule has 6 heteroatoms. The zero-order valence-corrected chi connectivity index (χ0v) is 21.3. The van der Waals surface area contributed by atoms with Crippen LogP contribution in [0.4, 0.5) is 10.1 Å². The number of thioether (sulfide) groups is 1. The van der Waals surface area contributed by atoms with Crippen molar-refractivity contribution < 1.29 is 9.18 Å². The van der Waals surface area contributed by atoms with Crippen LogP contribution < -0.4 is 0 Å². The third-order valence-electron chi connectivity index (χ3n) is 6.42. The number of nitrogens with zero attached hydrogens (tertiary/aromatic N) is 3. The predicted molar refractivity (Wildman–Crippen MR) is 154 cm³/mol. The van der Waals surface area contributed by atoms with Crippen LogP contribution in [0.25, 0.3) is 17.0 Å². The first-order valence-electron chi connectivity index (χ1n) is 12.4. The average molecular weight is 518 g/mol. The van der Waals surface area contributed by atoms with Crippen LogP contribution in [0.3, 0.4) is 0 Å². The van der Waals surface area contributed by atoms with Crippen molar-refractivity contribution in [2.45, 2.75) is 13.1 Å². The quantitative estimate of drug-likeness (QED) is 0.217. The summed E-state index contributed by atoms with van der Waals surface area (Å²) in [5.74, 6) is -0.315. The topological polar surface area (TPSA) is 37.6 Å². The number of carbonyl (C=O) groups is 1. The highest BCUT2D eigenvalue weighted by Gasteiger charge is 2.33. The van der Waals surface area contributed by atoms with Crippen LogP contribution in [0.15, 0.2) is 125 Å². The normalized spacial score (nSPS) is 15.7. The van der Waals surface area contributed by atoms with Crippen LogP contribution >= 0.6 is 11.8 Å². The minimum absolute atomic E-state index is 0.0658. The maximum Gasteiger partial charge on any atom is 0.267 e. The third-order valence-corrected chi connectivity index (χ3v) is 7.43. The van der Waals surface area contributed by atoms with E-state index in [1.165, 1.54) is 23.9 Å². The number of amides is 1. The summed E-state index contributed by atoms with van der Waals surface area (Å²) in [5.41, 5.74) is 4.86. The van der Waals surface area contributed by atoms with Crippen molar-refractivity contribution in [2.24, 2.45) is 4.99 Å². The highest BCUT2D eigenvalue weighted by atomic mass is 32.2. The smallest absolute Gasteiger partial charge is 0.267 e. The molecule has 5 aromatic rings. The number of carbonyl (C=O) groups excluding carboxylic acids is 1. The van der Waals surface area contributed by atoms with Gasteiger partial charge in [0.05, 0.1) is 17.1 Å². The van der Waals surface area contributed by atoms with Gasteiger partial charge in [-0.05, 0) is 59.3 Å². The summed E-state index contributed by atoms with van der Waals surface area (Å²) in [4.78, 5) is 20.9. The summed E-state index contributed by atoms with van der Waals surface area (Å²) in [6, 6.07) is 34.3. The largest absolute Gasteiger partial charge is 0.342 e. The number of halogens is 1. The minimum atomic E-state index is -0.249. The molecule has 0 radical (unpaired) electrons. The van der Waals surface area contributed by atoms with Crippen LogP contribution in [0.2, 0.25) is 0 Å². The van der Waals surface area contributed by atoms with Crippen molar-refractivity contribution in [1.82, 2.24) is 9.47 Å².